The molecule has 1 aromatic rings. The van der Waals surface area contributed by atoms with Crippen molar-refractivity contribution in [2.45, 2.75) is 52.0 Å². The van der Waals surface area contributed by atoms with Crippen LogP contribution in [-0.4, -0.2) is 19.2 Å². The molecule has 2 unspecified atom stereocenters. The van der Waals surface area contributed by atoms with Crippen LogP contribution in [0.15, 0.2) is 24.3 Å². The number of nitrogens with one attached hydrogen (secondary N) is 1. The largest absolute Gasteiger partial charge is 0.494 e. The molecule has 2 atom stereocenters. The van der Waals surface area contributed by atoms with Crippen LogP contribution < -0.4 is 10.1 Å². The SMILES string of the molecule is CCCOc1ccc(C2CCC2CNC(C)C)cc1. The minimum Gasteiger partial charge on any atom is -0.494 e. The van der Waals surface area contributed by atoms with E-state index >= 15 is 0 Å². The molecular formula is C17H27NO. The zero-order valence-electron chi connectivity index (χ0n) is 12.5. The van der Waals surface area contributed by atoms with E-state index in [9.17, 15) is 0 Å². The van der Waals surface area contributed by atoms with Gasteiger partial charge in [-0.2, -0.15) is 0 Å². The molecule has 0 radical (unpaired) electrons. The van der Waals surface area contributed by atoms with Gasteiger partial charge in [0, 0.05) is 6.04 Å². The third kappa shape index (κ3) is 3.97. The van der Waals surface area contributed by atoms with E-state index in [1.54, 1.807) is 0 Å². The van der Waals surface area contributed by atoms with Crippen molar-refractivity contribution >= 4 is 0 Å². The normalized spacial score (nSPS) is 22.3. The minimum absolute atomic E-state index is 0.589. The number of hydrogen-bond donors (Lipinski definition) is 1. The second-order valence-electron chi connectivity index (χ2n) is 5.92. The topological polar surface area (TPSA) is 21.3 Å². The van der Waals surface area contributed by atoms with E-state index in [0.717, 1.165) is 37.2 Å². The Morgan fingerprint density at radius 3 is 2.47 bits per heavy atom. The van der Waals surface area contributed by atoms with Crippen LogP contribution in [-0.2, 0) is 0 Å². The van der Waals surface area contributed by atoms with Crippen LogP contribution in [0.5, 0.6) is 5.75 Å². The highest BCUT2D eigenvalue weighted by Gasteiger charge is 2.31. The van der Waals surface area contributed by atoms with Gasteiger partial charge in [0.1, 0.15) is 5.75 Å². The molecule has 106 valence electrons. The molecule has 0 bridgehead atoms. The van der Waals surface area contributed by atoms with Crippen LogP contribution in [0.3, 0.4) is 0 Å². The predicted octanol–water partition coefficient (Wildman–Crippen LogP) is 3.97. The molecule has 0 aromatic heterocycles. The van der Waals surface area contributed by atoms with E-state index in [4.69, 9.17) is 4.74 Å². The summed E-state index contributed by atoms with van der Waals surface area (Å²) in [5.41, 5.74) is 1.48. The van der Waals surface area contributed by atoms with Crippen molar-refractivity contribution in [3.63, 3.8) is 0 Å². The fourth-order valence-electron chi connectivity index (χ4n) is 2.67. The number of ether oxygens (including phenoxy) is 1. The summed E-state index contributed by atoms with van der Waals surface area (Å²) in [7, 11) is 0. The molecule has 1 saturated carbocycles. The average molecular weight is 261 g/mol. The van der Waals surface area contributed by atoms with Gasteiger partial charge in [-0.15, -0.1) is 0 Å². The van der Waals surface area contributed by atoms with E-state index in [-0.39, 0.29) is 0 Å². The summed E-state index contributed by atoms with van der Waals surface area (Å²) in [6.45, 7) is 8.52. The lowest BCUT2D eigenvalue weighted by molar-refractivity contribution is 0.240. The van der Waals surface area contributed by atoms with Crippen molar-refractivity contribution in [2.24, 2.45) is 5.92 Å². The van der Waals surface area contributed by atoms with Crippen LogP contribution >= 0.6 is 0 Å². The van der Waals surface area contributed by atoms with Gasteiger partial charge in [0.15, 0.2) is 0 Å². The summed E-state index contributed by atoms with van der Waals surface area (Å²) in [6.07, 6.45) is 3.76. The third-order valence-corrected chi connectivity index (χ3v) is 3.99. The predicted molar refractivity (Wildman–Crippen MR) is 80.8 cm³/mol. The van der Waals surface area contributed by atoms with Gasteiger partial charge in [-0.1, -0.05) is 32.9 Å². The molecule has 1 aliphatic carbocycles. The highest BCUT2D eigenvalue weighted by atomic mass is 16.5. The Morgan fingerprint density at radius 1 is 1.21 bits per heavy atom. The summed E-state index contributed by atoms with van der Waals surface area (Å²) in [5, 5.41) is 3.56. The summed E-state index contributed by atoms with van der Waals surface area (Å²) >= 11 is 0. The van der Waals surface area contributed by atoms with Crippen molar-refractivity contribution in [2.75, 3.05) is 13.2 Å². The molecule has 2 rings (SSSR count). The molecule has 1 N–H and O–H groups in total. The summed E-state index contributed by atoms with van der Waals surface area (Å²) in [5.74, 6) is 2.55. The maximum absolute atomic E-state index is 5.63. The Hall–Kier alpha value is -1.02. The van der Waals surface area contributed by atoms with Crippen molar-refractivity contribution in [1.82, 2.24) is 5.32 Å². The van der Waals surface area contributed by atoms with E-state index in [2.05, 4.69) is 50.4 Å². The first-order valence-electron chi connectivity index (χ1n) is 7.66. The standard InChI is InChI=1S/C17H27NO/c1-4-11-19-16-8-5-14(6-9-16)17-10-7-15(17)12-18-13(2)3/h5-6,8-9,13,15,17-18H,4,7,10-12H2,1-3H3. The third-order valence-electron chi connectivity index (χ3n) is 3.99. The zero-order valence-corrected chi connectivity index (χ0v) is 12.5. The van der Waals surface area contributed by atoms with Crippen molar-refractivity contribution < 1.29 is 4.74 Å². The quantitative estimate of drug-likeness (QED) is 0.802. The second kappa shape index (κ2) is 6.95. The fourth-order valence-corrected chi connectivity index (χ4v) is 2.67. The molecule has 1 aliphatic rings. The second-order valence-corrected chi connectivity index (χ2v) is 5.92. The maximum Gasteiger partial charge on any atom is 0.119 e. The van der Waals surface area contributed by atoms with Crippen molar-refractivity contribution in [3.05, 3.63) is 29.8 Å². The van der Waals surface area contributed by atoms with Gasteiger partial charge in [0.25, 0.3) is 0 Å². The van der Waals surface area contributed by atoms with Gasteiger partial charge in [-0.3, -0.25) is 0 Å². The first kappa shape index (κ1) is 14.4. The van der Waals surface area contributed by atoms with E-state index in [1.807, 2.05) is 0 Å². The molecule has 0 amide bonds. The monoisotopic (exact) mass is 261 g/mol. The molecule has 0 aliphatic heterocycles. The summed E-state index contributed by atoms with van der Waals surface area (Å²) < 4.78 is 5.63. The molecule has 0 spiro atoms. The first-order chi connectivity index (χ1) is 9.20. The van der Waals surface area contributed by atoms with Gasteiger partial charge in [-0.05, 0) is 55.3 Å². The van der Waals surface area contributed by atoms with Crippen LogP contribution in [0.1, 0.15) is 51.5 Å². The lowest BCUT2D eigenvalue weighted by Crippen LogP contribution is -2.36. The molecule has 0 saturated heterocycles. The number of hydrogen-bond acceptors (Lipinski definition) is 2. The highest BCUT2D eigenvalue weighted by Crippen LogP contribution is 2.42. The lowest BCUT2D eigenvalue weighted by atomic mass is 9.70. The van der Waals surface area contributed by atoms with Gasteiger partial charge in [0.05, 0.1) is 6.61 Å². The van der Waals surface area contributed by atoms with Gasteiger partial charge >= 0.3 is 0 Å². The van der Waals surface area contributed by atoms with Crippen LogP contribution in [0, 0.1) is 5.92 Å². The van der Waals surface area contributed by atoms with E-state index in [0.29, 0.717) is 6.04 Å². The Kier molecular flexibility index (Phi) is 5.26. The maximum atomic E-state index is 5.63. The van der Waals surface area contributed by atoms with E-state index < -0.39 is 0 Å². The zero-order chi connectivity index (χ0) is 13.7. The Labute approximate surface area is 117 Å². The molecule has 19 heavy (non-hydrogen) atoms. The van der Waals surface area contributed by atoms with Gasteiger partial charge in [-0.25, -0.2) is 0 Å². The molecule has 0 heterocycles. The smallest absolute Gasteiger partial charge is 0.119 e. The number of rotatable bonds is 7. The molecule has 2 nitrogen and oxygen atoms in total. The lowest BCUT2D eigenvalue weighted by Gasteiger charge is -2.37. The molecular weight excluding hydrogens is 234 g/mol. The van der Waals surface area contributed by atoms with Crippen LogP contribution in [0.4, 0.5) is 0 Å². The Bertz CT molecular complexity index is 371. The van der Waals surface area contributed by atoms with E-state index in [1.165, 1.54) is 18.4 Å². The van der Waals surface area contributed by atoms with Gasteiger partial charge < -0.3 is 10.1 Å². The molecule has 1 fully saturated rings. The van der Waals surface area contributed by atoms with Gasteiger partial charge in [0.2, 0.25) is 0 Å². The molecule has 2 heteroatoms. The Balaban J connectivity index is 1.87. The van der Waals surface area contributed by atoms with Crippen molar-refractivity contribution in [1.29, 1.82) is 0 Å². The average Bonchev–Trinajstić information content (AvgIpc) is 2.36. The minimum atomic E-state index is 0.589. The van der Waals surface area contributed by atoms with Crippen molar-refractivity contribution in [3.8, 4) is 5.75 Å². The highest BCUT2D eigenvalue weighted by molar-refractivity contribution is 5.31. The Morgan fingerprint density at radius 2 is 1.95 bits per heavy atom. The first-order valence-corrected chi connectivity index (χ1v) is 7.66. The summed E-state index contributed by atoms with van der Waals surface area (Å²) in [6, 6.07) is 9.33. The molecule has 1 aromatic carbocycles. The fraction of sp³-hybridized carbons (Fsp3) is 0.647. The summed E-state index contributed by atoms with van der Waals surface area (Å²) in [4.78, 5) is 0. The van der Waals surface area contributed by atoms with Crippen LogP contribution in [0.2, 0.25) is 0 Å². The number of benzene rings is 1. The van der Waals surface area contributed by atoms with Crippen LogP contribution in [0.25, 0.3) is 0 Å².